The van der Waals surface area contributed by atoms with Crippen molar-refractivity contribution in [3.8, 4) is 0 Å². The lowest BCUT2D eigenvalue weighted by Crippen LogP contribution is -2.59. The quantitative estimate of drug-likeness (QED) is 0.774. The lowest BCUT2D eigenvalue weighted by Gasteiger charge is -2.43. The summed E-state index contributed by atoms with van der Waals surface area (Å²) in [6.07, 6.45) is 7.85. The zero-order valence-corrected chi connectivity index (χ0v) is 12.7. The summed E-state index contributed by atoms with van der Waals surface area (Å²) in [5, 5.41) is 3.11. The summed E-state index contributed by atoms with van der Waals surface area (Å²) in [6, 6.07) is 0.201. The summed E-state index contributed by atoms with van der Waals surface area (Å²) in [5.74, 6) is 0. The minimum Gasteiger partial charge on any atom is -0.379 e. The van der Waals surface area contributed by atoms with Crippen LogP contribution in [0, 0.1) is 0 Å². The van der Waals surface area contributed by atoms with Gasteiger partial charge in [-0.15, -0.1) is 0 Å². The zero-order chi connectivity index (χ0) is 14.4. The molecule has 1 saturated heterocycles. The molecule has 0 aromatic carbocycles. The number of amides is 2. The van der Waals surface area contributed by atoms with Crippen molar-refractivity contribution < 1.29 is 9.53 Å². The highest BCUT2D eigenvalue weighted by atomic mass is 16.5. The first-order valence-corrected chi connectivity index (χ1v) is 8.08. The maximum absolute atomic E-state index is 12.6. The van der Waals surface area contributed by atoms with E-state index in [4.69, 9.17) is 10.5 Å². The molecule has 0 radical (unpaired) electrons. The largest absolute Gasteiger partial charge is 0.379 e. The molecular weight excluding hydrogens is 254 g/mol. The minimum atomic E-state index is -0.144. The van der Waals surface area contributed by atoms with Gasteiger partial charge in [-0.2, -0.15) is 0 Å². The Labute approximate surface area is 122 Å². The van der Waals surface area contributed by atoms with E-state index in [1.54, 1.807) is 0 Å². The van der Waals surface area contributed by atoms with Gasteiger partial charge in [0.1, 0.15) is 0 Å². The summed E-state index contributed by atoms with van der Waals surface area (Å²) in [5.41, 5.74) is 5.94. The number of nitrogens with one attached hydrogen (secondary N) is 1. The monoisotopic (exact) mass is 283 g/mol. The number of ether oxygens (including phenoxy) is 1. The maximum Gasteiger partial charge on any atom is 0.318 e. The number of carbonyl (C=O) groups is 1. The molecule has 1 saturated carbocycles. The number of nitrogens with two attached hydrogens (primary N) is 1. The van der Waals surface area contributed by atoms with Crippen molar-refractivity contribution in [3.05, 3.63) is 0 Å². The number of nitrogens with zero attached hydrogens (tertiary/aromatic N) is 1. The van der Waals surface area contributed by atoms with Crippen molar-refractivity contribution in [1.82, 2.24) is 10.2 Å². The van der Waals surface area contributed by atoms with Gasteiger partial charge >= 0.3 is 6.03 Å². The summed E-state index contributed by atoms with van der Waals surface area (Å²) in [4.78, 5) is 14.6. The molecule has 0 spiro atoms. The molecule has 2 rings (SSSR count). The third-order valence-electron chi connectivity index (χ3n) is 4.81. The predicted molar refractivity (Wildman–Crippen MR) is 79.6 cm³/mol. The maximum atomic E-state index is 12.6. The summed E-state index contributed by atoms with van der Waals surface area (Å²) >= 11 is 0. The summed E-state index contributed by atoms with van der Waals surface area (Å²) < 4.78 is 5.33. The molecule has 0 aromatic heterocycles. The molecule has 2 aliphatic rings. The van der Waals surface area contributed by atoms with Crippen LogP contribution < -0.4 is 11.1 Å². The number of likely N-dealkylation sites (N-methyl/N-ethyl adjacent to an activating group) is 1. The van der Waals surface area contributed by atoms with Gasteiger partial charge in [-0.05, 0) is 26.2 Å². The molecular formula is C15H29N3O2. The molecule has 1 heterocycles. The van der Waals surface area contributed by atoms with Crippen molar-refractivity contribution in [2.45, 2.75) is 63.5 Å². The highest BCUT2D eigenvalue weighted by Crippen LogP contribution is 2.32. The number of urea groups is 1. The van der Waals surface area contributed by atoms with Gasteiger partial charge < -0.3 is 20.7 Å². The number of carbonyl (C=O) groups excluding carboxylic acids is 1. The summed E-state index contributed by atoms with van der Waals surface area (Å²) in [7, 11) is 0. The second-order valence-electron chi connectivity index (χ2n) is 6.10. The fourth-order valence-corrected chi connectivity index (χ4v) is 3.57. The fourth-order valence-electron chi connectivity index (χ4n) is 3.57. The highest BCUT2D eigenvalue weighted by Gasteiger charge is 2.38. The fraction of sp³-hybridized carbons (Fsp3) is 0.933. The second kappa shape index (κ2) is 7.27. The van der Waals surface area contributed by atoms with Crippen LogP contribution in [0.15, 0.2) is 0 Å². The number of hydrogen-bond acceptors (Lipinski definition) is 3. The molecule has 1 aliphatic carbocycles. The van der Waals surface area contributed by atoms with Crippen LogP contribution in [0.1, 0.15) is 51.9 Å². The minimum absolute atomic E-state index is 0.0374. The SMILES string of the molecule is CCN(C(=O)NC1CCOC1)C1(CN)CCCCCC1. The molecule has 116 valence electrons. The van der Waals surface area contributed by atoms with Crippen molar-refractivity contribution >= 4 is 6.03 Å². The van der Waals surface area contributed by atoms with E-state index < -0.39 is 0 Å². The van der Waals surface area contributed by atoms with Crippen LogP contribution in [0.25, 0.3) is 0 Å². The zero-order valence-electron chi connectivity index (χ0n) is 12.7. The van der Waals surface area contributed by atoms with Crippen molar-refractivity contribution in [2.24, 2.45) is 5.73 Å². The Hall–Kier alpha value is -0.810. The van der Waals surface area contributed by atoms with E-state index in [1.165, 1.54) is 25.7 Å². The smallest absolute Gasteiger partial charge is 0.318 e. The molecule has 5 heteroatoms. The Morgan fingerprint density at radius 2 is 2.05 bits per heavy atom. The molecule has 0 aromatic rings. The van der Waals surface area contributed by atoms with Gasteiger partial charge in [-0.25, -0.2) is 4.79 Å². The van der Waals surface area contributed by atoms with Crippen LogP contribution in [0.4, 0.5) is 4.79 Å². The number of rotatable bonds is 4. The molecule has 1 atom stereocenters. The second-order valence-corrected chi connectivity index (χ2v) is 6.10. The van der Waals surface area contributed by atoms with E-state index in [-0.39, 0.29) is 17.6 Å². The van der Waals surface area contributed by atoms with Gasteiger partial charge in [0.15, 0.2) is 0 Å². The van der Waals surface area contributed by atoms with Crippen LogP contribution in [-0.4, -0.2) is 48.8 Å². The molecule has 1 unspecified atom stereocenters. The van der Waals surface area contributed by atoms with Crippen LogP contribution in [0.5, 0.6) is 0 Å². The molecule has 0 bridgehead atoms. The predicted octanol–water partition coefficient (Wildman–Crippen LogP) is 1.86. The average Bonchev–Trinajstić information content (AvgIpc) is 2.83. The first-order valence-electron chi connectivity index (χ1n) is 8.08. The van der Waals surface area contributed by atoms with Crippen LogP contribution in [0.3, 0.4) is 0 Å². The van der Waals surface area contributed by atoms with E-state index >= 15 is 0 Å². The molecule has 2 fully saturated rings. The van der Waals surface area contributed by atoms with Gasteiger partial charge in [0.2, 0.25) is 0 Å². The summed E-state index contributed by atoms with van der Waals surface area (Å²) in [6.45, 7) is 4.72. The standard InChI is InChI=1S/C15H29N3O2/c1-2-18(14(19)17-13-7-10-20-11-13)15(12-16)8-5-3-4-6-9-15/h13H,2-12,16H2,1H3,(H,17,19). The van der Waals surface area contributed by atoms with Gasteiger partial charge in [0.05, 0.1) is 18.2 Å². The van der Waals surface area contributed by atoms with Crippen LogP contribution >= 0.6 is 0 Å². The third-order valence-corrected chi connectivity index (χ3v) is 4.81. The van der Waals surface area contributed by atoms with Crippen molar-refractivity contribution in [2.75, 3.05) is 26.3 Å². The molecule has 3 N–H and O–H groups in total. The van der Waals surface area contributed by atoms with Gasteiger partial charge in [-0.1, -0.05) is 25.7 Å². The molecule has 2 amide bonds. The Bertz CT molecular complexity index is 308. The van der Waals surface area contributed by atoms with Crippen LogP contribution in [0.2, 0.25) is 0 Å². The average molecular weight is 283 g/mol. The van der Waals surface area contributed by atoms with E-state index in [0.717, 1.165) is 32.4 Å². The molecule has 1 aliphatic heterocycles. The first kappa shape index (κ1) is 15.6. The Balaban J connectivity index is 2.04. The number of hydrogen-bond donors (Lipinski definition) is 2. The molecule has 20 heavy (non-hydrogen) atoms. The lowest BCUT2D eigenvalue weighted by atomic mass is 9.88. The Morgan fingerprint density at radius 3 is 2.55 bits per heavy atom. The van der Waals surface area contributed by atoms with E-state index in [0.29, 0.717) is 13.2 Å². The third kappa shape index (κ3) is 3.44. The van der Waals surface area contributed by atoms with Crippen molar-refractivity contribution in [1.29, 1.82) is 0 Å². The highest BCUT2D eigenvalue weighted by molar-refractivity contribution is 5.75. The van der Waals surface area contributed by atoms with E-state index in [2.05, 4.69) is 5.32 Å². The lowest BCUT2D eigenvalue weighted by molar-refractivity contribution is 0.104. The van der Waals surface area contributed by atoms with Gasteiger partial charge in [0.25, 0.3) is 0 Å². The Kier molecular flexibility index (Phi) is 5.66. The topological polar surface area (TPSA) is 67.6 Å². The van der Waals surface area contributed by atoms with Gasteiger partial charge in [0, 0.05) is 19.7 Å². The van der Waals surface area contributed by atoms with Gasteiger partial charge in [-0.3, -0.25) is 0 Å². The van der Waals surface area contributed by atoms with E-state index in [1.807, 2.05) is 11.8 Å². The van der Waals surface area contributed by atoms with Crippen LogP contribution in [-0.2, 0) is 4.74 Å². The normalized spacial score (nSPS) is 26.0. The first-order chi connectivity index (χ1) is 9.72. The Morgan fingerprint density at radius 1 is 1.35 bits per heavy atom. The van der Waals surface area contributed by atoms with E-state index in [9.17, 15) is 4.79 Å². The molecule has 5 nitrogen and oxygen atoms in total. The van der Waals surface area contributed by atoms with Crippen molar-refractivity contribution in [3.63, 3.8) is 0 Å².